The van der Waals surface area contributed by atoms with Crippen LogP contribution in [-0.2, 0) is 6.42 Å². The Morgan fingerprint density at radius 3 is 3.08 bits per heavy atom. The van der Waals surface area contributed by atoms with Crippen molar-refractivity contribution in [2.45, 2.75) is 6.42 Å². The molecule has 0 aliphatic carbocycles. The fourth-order valence-corrected chi connectivity index (χ4v) is 2.03. The van der Waals surface area contributed by atoms with Gasteiger partial charge in [-0.3, -0.25) is 5.10 Å². The highest BCUT2D eigenvalue weighted by Crippen LogP contribution is 2.22. The number of hydrogen-bond acceptors (Lipinski definition) is 4. The van der Waals surface area contributed by atoms with Crippen molar-refractivity contribution in [3.8, 4) is 10.6 Å². The molecule has 0 saturated carbocycles. The minimum Gasteiger partial charge on any atom is -0.285 e. The molecule has 2 aromatic heterocycles. The first-order valence-electron chi connectivity index (χ1n) is 3.77. The molecule has 0 fully saturated rings. The van der Waals surface area contributed by atoms with Crippen molar-refractivity contribution in [2.24, 2.45) is 0 Å². The Bertz CT molecular complexity index is 370. The Balaban J connectivity index is 2.23. The number of alkyl halides is 1. The monoisotopic (exact) mass is 214 g/mol. The SMILES string of the molecule is ClCCc1nnc(-c2cn[nH]c2)s1. The lowest BCUT2D eigenvalue weighted by Gasteiger charge is -1.84. The molecule has 4 nitrogen and oxygen atoms in total. The summed E-state index contributed by atoms with van der Waals surface area (Å²) in [5.74, 6) is 0.583. The van der Waals surface area contributed by atoms with E-state index >= 15 is 0 Å². The second kappa shape index (κ2) is 3.85. The highest BCUT2D eigenvalue weighted by Gasteiger charge is 2.06. The fraction of sp³-hybridized carbons (Fsp3) is 0.286. The molecular formula is C7H7ClN4S. The normalized spacial score (nSPS) is 10.5. The summed E-state index contributed by atoms with van der Waals surface area (Å²) >= 11 is 7.14. The van der Waals surface area contributed by atoms with Crippen LogP contribution in [0.2, 0.25) is 0 Å². The highest BCUT2D eigenvalue weighted by atomic mass is 35.5. The zero-order valence-electron chi connectivity index (χ0n) is 6.70. The molecule has 0 aliphatic heterocycles. The number of nitrogens with zero attached hydrogens (tertiary/aromatic N) is 3. The Kier molecular flexibility index (Phi) is 2.56. The van der Waals surface area contributed by atoms with Gasteiger partial charge in [0.25, 0.3) is 0 Å². The molecule has 68 valence electrons. The van der Waals surface area contributed by atoms with E-state index in [1.165, 1.54) is 0 Å². The molecule has 0 saturated heterocycles. The van der Waals surface area contributed by atoms with Gasteiger partial charge in [0.05, 0.1) is 11.8 Å². The zero-order chi connectivity index (χ0) is 9.10. The standard InChI is InChI=1S/C7H7ClN4S/c8-2-1-6-11-12-7(13-6)5-3-9-10-4-5/h3-4H,1-2H2,(H,9,10). The first kappa shape index (κ1) is 8.65. The molecule has 1 N–H and O–H groups in total. The minimum atomic E-state index is 0.583. The number of halogens is 1. The summed E-state index contributed by atoms with van der Waals surface area (Å²) in [6.07, 6.45) is 4.30. The number of aromatic amines is 1. The van der Waals surface area contributed by atoms with Crippen LogP contribution in [0.5, 0.6) is 0 Å². The van der Waals surface area contributed by atoms with Crippen LogP contribution in [0.3, 0.4) is 0 Å². The predicted molar refractivity (Wildman–Crippen MR) is 51.9 cm³/mol. The molecule has 0 aromatic carbocycles. The number of nitrogens with one attached hydrogen (secondary N) is 1. The summed E-state index contributed by atoms with van der Waals surface area (Å²) in [5, 5.41) is 16.5. The molecule has 0 unspecified atom stereocenters. The first-order chi connectivity index (χ1) is 6.40. The Hall–Kier alpha value is -0.940. The first-order valence-corrected chi connectivity index (χ1v) is 5.13. The highest BCUT2D eigenvalue weighted by molar-refractivity contribution is 7.14. The molecule has 0 spiro atoms. The second-order valence-corrected chi connectivity index (χ2v) is 3.87. The van der Waals surface area contributed by atoms with Gasteiger partial charge in [-0.15, -0.1) is 21.8 Å². The van der Waals surface area contributed by atoms with Crippen LogP contribution in [0.4, 0.5) is 0 Å². The lowest BCUT2D eigenvalue weighted by atomic mass is 10.4. The van der Waals surface area contributed by atoms with Gasteiger partial charge in [-0.25, -0.2) is 0 Å². The van der Waals surface area contributed by atoms with E-state index in [-0.39, 0.29) is 0 Å². The number of aryl methyl sites for hydroxylation is 1. The van der Waals surface area contributed by atoms with Crippen molar-refractivity contribution < 1.29 is 0 Å². The predicted octanol–water partition coefficient (Wildman–Crippen LogP) is 1.71. The van der Waals surface area contributed by atoms with E-state index in [0.717, 1.165) is 22.0 Å². The van der Waals surface area contributed by atoms with Crippen LogP contribution in [0, 0.1) is 0 Å². The summed E-state index contributed by atoms with van der Waals surface area (Å²) in [5.41, 5.74) is 0.971. The van der Waals surface area contributed by atoms with Gasteiger partial charge in [-0.05, 0) is 0 Å². The molecule has 0 atom stereocenters. The lowest BCUT2D eigenvalue weighted by Crippen LogP contribution is -1.82. The number of hydrogen-bond donors (Lipinski definition) is 1. The Morgan fingerprint density at radius 2 is 2.38 bits per heavy atom. The van der Waals surface area contributed by atoms with Gasteiger partial charge in [0.15, 0.2) is 5.01 Å². The zero-order valence-corrected chi connectivity index (χ0v) is 8.27. The van der Waals surface area contributed by atoms with Gasteiger partial charge in [-0.2, -0.15) is 5.10 Å². The van der Waals surface area contributed by atoms with Gasteiger partial charge >= 0.3 is 0 Å². The maximum Gasteiger partial charge on any atom is 0.150 e. The van der Waals surface area contributed by atoms with E-state index < -0.39 is 0 Å². The second-order valence-electron chi connectivity index (χ2n) is 2.43. The van der Waals surface area contributed by atoms with Gasteiger partial charge in [0.2, 0.25) is 0 Å². The topological polar surface area (TPSA) is 54.5 Å². The fourth-order valence-electron chi connectivity index (χ4n) is 0.920. The number of aromatic nitrogens is 4. The smallest absolute Gasteiger partial charge is 0.150 e. The van der Waals surface area contributed by atoms with Gasteiger partial charge in [-0.1, -0.05) is 11.3 Å². The number of H-pyrrole nitrogens is 1. The molecule has 0 bridgehead atoms. The van der Waals surface area contributed by atoms with Gasteiger partial charge < -0.3 is 0 Å². The largest absolute Gasteiger partial charge is 0.285 e. The quantitative estimate of drug-likeness (QED) is 0.792. The van der Waals surface area contributed by atoms with Crippen molar-refractivity contribution in [2.75, 3.05) is 5.88 Å². The number of rotatable bonds is 3. The van der Waals surface area contributed by atoms with Crippen LogP contribution in [0.1, 0.15) is 5.01 Å². The van der Waals surface area contributed by atoms with Crippen molar-refractivity contribution in [3.05, 3.63) is 17.4 Å². The molecular weight excluding hydrogens is 208 g/mol. The van der Waals surface area contributed by atoms with Crippen molar-refractivity contribution in [1.82, 2.24) is 20.4 Å². The molecule has 2 aromatic rings. The van der Waals surface area contributed by atoms with Crippen LogP contribution in [-0.4, -0.2) is 26.3 Å². The average molecular weight is 215 g/mol. The van der Waals surface area contributed by atoms with Crippen molar-refractivity contribution in [3.63, 3.8) is 0 Å². The van der Waals surface area contributed by atoms with E-state index in [0.29, 0.717) is 5.88 Å². The van der Waals surface area contributed by atoms with Gasteiger partial charge in [0.1, 0.15) is 5.01 Å². The van der Waals surface area contributed by atoms with Crippen molar-refractivity contribution >= 4 is 22.9 Å². The van der Waals surface area contributed by atoms with Crippen LogP contribution < -0.4 is 0 Å². The third kappa shape index (κ3) is 1.87. The van der Waals surface area contributed by atoms with Crippen LogP contribution >= 0.6 is 22.9 Å². The summed E-state index contributed by atoms with van der Waals surface area (Å²) in [6, 6.07) is 0. The molecule has 0 amide bonds. The van der Waals surface area contributed by atoms with E-state index in [2.05, 4.69) is 20.4 Å². The maximum absolute atomic E-state index is 5.59. The van der Waals surface area contributed by atoms with Crippen molar-refractivity contribution in [1.29, 1.82) is 0 Å². The van der Waals surface area contributed by atoms with E-state index in [1.807, 2.05) is 0 Å². The molecule has 2 heterocycles. The minimum absolute atomic E-state index is 0.583. The summed E-state index contributed by atoms with van der Waals surface area (Å²) in [4.78, 5) is 0. The average Bonchev–Trinajstić information content (AvgIpc) is 2.70. The van der Waals surface area contributed by atoms with E-state index in [1.54, 1.807) is 23.7 Å². The molecule has 2 rings (SSSR count). The Labute approximate surface area is 84.0 Å². The molecule has 6 heteroatoms. The molecule has 0 aliphatic rings. The molecule has 0 radical (unpaired) electrons. The summed E-state index contributed by atoms with van der Waals surface area (Å²) in [6.45, 7) is 0. The summed E-state index contributed by atoms with van der Waals surface area (Å²) in [7, 11) is 0. The lowest BCUT2D eigenvalue weighted by molar-refractivity contribution is 0.990. The molecule has 13 heavy (non-hydrogen) atoms. The van der Waals surface area contributed by atoms with E-state index in [9.17, 15) is 0 Å². The van der Waals surface area contributed by atoms with Crippen LogP contribution in [0.15, 0.2) is 12.4 Å². The summed E-state index contributed by atoms with van der Waals surface area (Å²) < 4.78 is 0. The third-order valence-electron chi connectivity index (χ3n) is 1.52. The Morgan fingerprint density at radius 1 is 1.46 bits per heavy atom. The van der Waals surface area contributed by atoms with E-state index in [4.69, 9.17) is 11.6 Å². The van der Waals surface area contributed by atoms with Crippen LogP contribution in [0.25, 0.3) is 10.6 Å². The maximum atomic E-state index is 5.59. The van der Waals surface area contributed by atoms with Gasteiger partial charge in [0, 0.05) is 18.5 Å². The third-order valence-corrected chi connectivity index (χ3v) is 2.74.